The number of amides is 1. The molecule has 1 saturated carbocycles. The van der Waals surface area contributed by atoms with E-state index >= 15 is 0 Å². The second-order valence-corrected chi connectivity index (χ2v) is 4.95. The minimum absolute atomic E-state index is 0.112. The fourth-order valence-corrected chi connectivity index (χ4v) is 1.90. The summed E-state index contributed by atoms with van der Waals surface area (Å²) in [5.41, 5.74) is 1.05. The maximum atomic E-state index is 11.7. The number of carbonyl (C=O) groups excluding carboxylic acids is 1. The van der Waals surface area contributed by atoms with Crippen LogP contribution in [0, 0.1) is 12.8 Å². The summed E-state index contributed by atoms with van der Waals surface area (Å²) < 4.78 is 0. The summed E-state index contributed by atoms with van der Waals surface area (Å²) in [6.07, 6.45) is 5.90. The van der Waals surface area contributed by atoms with Crippen LogP contribution in [0.15, 0.2) is 12.4 Å². The van der Waals surface area contributed by atoms with Crippen LogP contribution < -0.4 is 10.2 Å². The number of hydrogen-bond acceptors (Lipinski definition) is 4. The average Bonchev–Trinajstić information content (AvgIpc) is 3.02. The van der Waals surface area contributed by atoms with E-state index in [4.69, 9.17) is 0 Å². The van der Waals surface area contributed by atoms with Crippen LogP contribution in [-0.2, 0) is 4.79 Å². The zero-order valence-corrected chi connectivity index (χ0v) is 9.89. The maximum Gasteiger partial charge on any atom is 0.226 e. The number of aryl methyl sites for hydroxylation is 1. The van der Waals surface area contributed by atoms with Gasteiger partial charge in [-0.1, -0.05) is 0 Å². The number of carbonyl (C=O) groups is 1. The molecule has 2 fully saturated rings. The smallest absolute Gasteiger partial charge is 0.226 e. The molecule has 0 atom stereocenters. The van der Waals surface area contributed by atoms with Crippen molar-refractivity contribution in [2.24, 2.45) is 5.92 Å². The zero-order valence-electron chi connectivity index (χ0n) is 9.89. The molecule has 0 unspecified atom stereocenters. The largest absolute Gasteiger partial charge is 0.353 e. The van der Waals surface area contributed by atoms with Crippen LogP contribution in [0.3, 0.4) is 0 Å². The quantitative estimate of drug-likeness (QED) is 0.824. The predicted octanol–water partition coefficient (Wildman–Crippen LogP) is 0.500. The lowest BCUT2D eigenvalue weighted by Crippen LogP contribution is -2.54. The van der Waals surface area contributed by atoms with E-state index < -0.39 is 0 Å². The minimum Gasteiger partial charge on any atom is -0.353 e. The molecule has 90 valence electrons. The summed E-state index contributed by atoms with van der Waals surface area (Å²) in [5.74, 6) is 1.03. The van der Waals surface area contributed by atoms with Crippen molar-refractivity contribution >= 4 is 11.9 Å². The molecule has 0 radical (unpaired) electrons. The Balaban J connectivity index is 1.53. The molecule has 2 heterocycles. The van der Waals surface area contributed by atoms with Gasteiger partial charge in [-0.15, -0.1) is 0 Å². The Labute approximate surface area is 100 Å². The number of rotatable bonds is 3. The Morgan fingerprint density at radius 1 is 1.35 bits per heavy atom. The summed E-state index contributed by atoms with van der Waals surface area (Å²) >= 11 is 0. The summed E-state index contributed by atoms with van der Waals surface area (Å²) in [6, 6.07) is 0.451. The molecule has 17 heavy (non-hydrogen) atoms. The maximum absolute atomic E-state index is 11.7. The highest BCUT2D eigenvalue weighted by molar-refractivity contribution is 5.82. The monoisotopic (exact) mass is 232 g/mol. The molecular formula is C12H16N4O. The van der Waals surface area contributed by atoms with Crippen molar-refractivity contribution in [1.82, 2.24) is 15.3 Å². The van der Waals surface area contributed by atoms with Crippen molar-refractivity contribution < 1.29 is 4.79 Å². The van der Waals surface area contributed by atoms with Crippen LogP contribution in [0.5, 0.6) is 0 Å². The van der Waals surface area contributed by atoms with Gasteiger partial charge in [0.25, 0.3) is 0 Å². The van der Waals surface area contributed by atoms with Crippen LogP contribution in [-0.4, -0.2) is 35.0 Å². The van der Waals surface area contributed by atoms with E-state index in [2.05, 4.69) is 15.3 Å². The third kappa shape index (κ3) is 2.23. The lowest BCUT2D eigenvalue weighted by atomic mass is 10.00. The Hall–Kier alpha value is -1.65. The molecule has 1 aliphatic carbocycles. The molecule has 1 saturated heterocycles. The molecule has 1 aromatic rings. The van der Waals surface area contributed by atoms with E-state index in [1.54, 1.807) is 12.4 Å². The van der Waals surface area contributed by atoms with Gasteiger partial charge in [0, 0.05) is 31.5 Å². The number of anilines is 1. The van der Waals surface area contributed by atoms with Gasteiger partial charge in [0.1, 0.15) is 0 Å². The molecule has 2 aliphatic rings. The molecule has 0 aromatic carbocycles. The van der Waals surface area contributed by atoms with Gasteiger partial charge in [0.05, 0.1) is 5.92 Å². The second kappa shape index (κ2) is 3.98. The second-order valence-electron chi connectivity index (χ2n) is 4.95. The minimum atomic E-state index is 0.112. The molecule has 0 spiro atoms. The van der Waals surface area contributed by atoms with Crippen LogP contribution >= 0.6 is 0 Å². The van der Waals surface area contributed by atoms with E-state index in [1.165, 1.54) is 0 Å². The lowest BCUT2D eigenvalue weighted by molar-refractivity contribution is -0.125. The SMILES string of the molecule is Cc1cnc(N2CC(C(=O)NC3CC3)C2)nc1. The van der Waals surface area contributed by atoms with E-state index in [0.29, 0.717) is 6.04 Å². The summed E-state index contributed by atoms with van der Waals surface area (Å²) in [7, 11) is 0. The van der Waals surface area contributed by atoms with Crippen molar-refractivity contribution in [1.29, 1.82) is 0 Å². The van der Waals surface area contributed by atoms with Gasteiger partial charge in [-0.05, 0) is 25.3 Å². The highest BCUT2D eigenvalue weighted by Crippen LogP contribution is 2.24. The molecule has 1 aliphatic heterocycles. The standard InChI is InChI=1S/C12H16N4O/c1-8-4-13-12(14-5-8)16-6-9(7-16)11(17)15-10-2-3-10/h4-5,9-10H,2-3,6-7H2,1H3,(H,15,17). The molecule has 1 N–H and O–H groups in total. The number of aromatic nitrogens is 2. The van der Waals surface area contributed by atoms with E-state index in [1.807, 2.05) is 11.8 Å². The van der Waals surface area contributed by atoms with Crippen LogP contribution in [0.1, 0.15) is 18.4 Å². The fraction of sp³-hybridized carbons (Fsp3) is 0.583. The summed E-state index contributed by atoms with van der Waals surface area (Å²) in [6.45, 7) is 3.44. The number of nitrogens with zero attached hydrogens (tertiary/aromatic N) is 3. The Morgan fingerprint density at radius 2 is 2.00 bits per heavy atom. The van der Waals surface area contributed by atoms with E-state index in [9.17, 15) is 4.79 Å². The van der Waals surface area contributed by atoms with Gasteiger partial charge in [-0.25, -0.2) is 9.97 Å². The topological polar surface area (TPSA) is 58.1 Å². The first kappa shape index (κ1) is 10.5. The number of nitrogens with one attached hydrogen (secondary N) is 1. The van der Waals surface area contributed by atoms with E-state index in [0.717, 1.165) is 37.4 Å². The summed E-state index contributed by atoms with van der Waals surface area (Å²) in [4.78, 5) is 22.3. The van der Waals surface area contributed by atoms with Crippen LogP contribution in [0.25, 0.3) is 0 Å². The van der Waals surface area contributed by atoms with Gasteiger partial charge in [-0.3, -0.25) is 4.79 Å². The molecule has 5 nitrogen and oxygen atoms in total. The van der Waals surface area contributed by atoms with Crippen LogP contribution in [0.4, 0.5) is 5.95 Å². The van der Waals surface area contributed by atoms with Crippen molar-refractivity contribution in [3.05, 3.63) is 18.0 Å². The van der Waals surface area contributed by atoms with Crippen molar-refractivity contribution in [2.75, 3.05) is 18.0 Å². The third-order valence-corrected chi connectivity index (χ3v) is 3.23. The van der Waals surface area contributed by atoms with Gasteiger partial charge < -0.3 is 10.2 Å². The number of hydrogen-bond donors (Lipinski definition) is 1. The Kier molecular flexibility index (Phi) is 2.46. The Bertz CT molecular complexity index is 421. The molecule has 1 amide bonds. The van der Waals surface area contributed by atoms with Crippen molar-refractivity contribution in [3.63, 3.8) is 0 Å². The molecule has 5 heteroatoms. The third-order valence-electron chi connectivity index (χ3n) is 3.23. The predicted molar refractivity (Wildman–Crippen MR) is 63.6 cm³/mol. The molecule has 0 bridgehead atoms. The van der Waals surface area contributed by atoms with Crippen molar-refractivity contribution in [2.45, 2.75) is 25.8 Å². The van der Waals surface area contributed by atoms with Gasteiger partial charge >= 0.3 is 0 Å². The first-order valence-corrected chi connectivity index (χ1v) is 6.06. The molecule has 1 aromatic heterocycles. The van der Waals surface area contributed by atoms with Gasteiger partial charge in [-0.2, -0.15) is 0 Å². The summed E-state index contributed by atoms with van der Waals surface area (Å²) in [5, 5.41) is 3.03. The molecule has 3 rings (SSSR count). The average molecular weight is 232 g/mol. The van der Waals surface area contributed by atoms with Gasteiger partial charge in [0.2, 0.25) is 11.9 Å². The van der Waals surface area contributed by atoms with Gasteiger partial charge in [0.15, 0.2) is 0 Å². The highest BCUT2D eigenvalue weighted by atomic mass is 16.2. The zero-order chi connectivity index (χ0) is 11.8. The van der Waals surface area contributed by atoms with E-state index in [-0.39, 0.29) is 11.8 Å². The first-order valence-electron chi connectivity index (χ1n) is 6.06. The lowest BCUT2D eigenvalue weighted by Gasteiger charge is -2.38. The first-order chi connectivity index (χ1) is 8.22. The Morgan fingerprint density at radius 3 is 2.59 bits per heavy atom. The fourth-order valence-electron chi connectivity index (χ4n) is 1.90. The molecular weight excluding hydrogens is 216 g/mol. The highest BCUT2D eigenvalue weighted by Gasteiger charge is 2.36. The van der Waals surface area contributed by atoms with Crippen LogP contribution in [0.2, 0.25) is 0 Å². The van der Waals surface area contributed by atoms with Crippen molar-refractivity contribution in [3.8, 4) is 0 Å². The normalized spacial score (nSPS) is 19.9.